The fraction of sp³-hybridized carbons (Fsp3) is 0.467. The maximum atomic E-state index is 13.6. The summed E-state index contributed by atoms with van der Waals surface area (Å²) in [5.41, 5.74) is -4.11. The molecule has 0 radical (unpaired) electrons. The van der Waals surface area contributed by atoms with Gasteiger partial charge in [-0.25, -0.2) is 18.0 Å². The number of sulfonamides is 1. The number of rotatable bonds is 5. The second-order valence-electron chi connectivity index (χ2n) is 6.31. The van der Waals surface area contributed by atoms with Crippen molar-refractivity contribution in [2.24, 2.45) is 5.92 Å². The van der Waals surface area contributed by atoms with Crippen LogP contribution in [0.2, 0.25) is 0 Å². The lowest BCUT2D eigenvalue weighted by Crippen LogP contribution is -2.38. The van der Waals surface area contributed by atoms with Gasteiger partial charge in [0.15, 0.2) is 0 Å². The van der Waals surface area contributed by atoms with E-state index in [2.05, 4.69) is 0 Å². The quantitative estimate of drug-likeness (QED) is 0.779. The first-order valence-corrected chi connectivity index (χ1v) is 9.56. The smallest absolute Gasteiger partial charge is 0.376 e. The van der Waals surface area contributed by atoms with Gasteiger partial charge in [0.05, 0.1) is 28.8 Å². The van der Waals surface area contributed by atoms with Crippen LogP contribution in [0.15, 0.2) is 21.7 Å². The van der Waals surface area contributed by atoms with Gasteiger partial charge in [-0.05, 0) is 23.6 Å². The molecular formula is C15H18F3N3O5S. The van der Waals surface area contributed by atoms with Crippen molar-refractivity contribution in [1.29, 1.82) is 0 Å². The van der Waals surface area contributed by atoms with Crippen LogP contribution in [0, 0.1) is 5.92 Å². The Kier molecular flexibility index (Phi) is 5.44. The molecule has 8 nitrogen and oxygen atoms in total. The number of ether oxygens (including phenoxy) is 1. The number of H-pyrrole nitrogens is 1. The van der Waals surface area contributed by atoms with Crippen LogP contribution in [0.3, 0.4) is 0 Å². The van der Waals surface area contributed by atoms with Gasteiger partial charge in [-0.3, -0.25) is 9.78 Å². The largest absolute Gasteiger partial charge is 0.416 e. The second-order valence-corrected chi connectivity index (χ2v) is 8.04. The van der Waals surface area contributed by atoms with Gasteiger partial charge >= 0.3 is 11.9 Å². The molecule has 0 saturated carbocycles. The number of nitrogens with zero attached hydrogens (tertiary/aromatic N) is 1. The monoisotopic (exact) mass is 409 g/mol. The van der Waals surface area contributed by atoms with E-state index in [9.17, 15) is 31.2 Å². The first-order chi connectivity index (χ1) is 12.3. The van der Waals surface area contributed by atoms with Gasteiger partial charge in [-0.1, -0.05) is 13.8 Å². The second kappa shape index (κ2) is 7.00. The first-order valence-electron chi connectivity index (χ1n) is 7.67. The van der Waals surface area contributed by atoms with Gasteiger partial charge in [0, 0.05) is 7.11 Å². The number of hydrogen-bond acceptors (Lipinski definition) is 5. The fourth-order valence-corrected chi connectivity index (χ4v) is 3.31. The molecule has 0 aliphatic heterocycles. The molecule has 0 bridgehead atoms. The number of alkyl halides is 3. The Labute approximate surface area is 152 Å². The van der Waals surface area contributed by atoms with Gasteiger partial charge < -0.3 is 4.74 Å². The maximum absolute atomic E-state index is 13.6. The minimum absolute atomic E-state index is 0.289. The van der Waals surface area contributed by atoms with Crippen molar-refractivity contribution in [3.63, 3.8) is 0 Å². The van der Waals surface area contributed by atoms with Gasteiger partial charge in [-0.2, -0.15) is 17.8 Å². The molecule has 150 valence electrons. The summed E-state index contributed by atoms with van der Waals surface area (Å²) in [6.45, 7) is 3.30. The number of fused-ring (bicyclic) bond motifs is 1. The third-order valence-electron chi connectivity index (χ3n) is 3.81. The standard InChI is InChI=1S/C15H18F3N3O5S/c1-7(2)12(26-3)8-5-9-11(6-10(8)15(16,17)18)21(20-27(4,24)25)14(23)19-13(9)22/h5-7,12,20H,1-4H3,(H,19,22,23). The highest BCUT2D eigenvalue weighted by Gasteiger charge is 2.37. The molecule has 0 aliphatic carbocycles. The van der Waals surface area contributed by atoms with E-state index in [0.29, 0.717) is 10.7 Å². The lowest BCUT2D eigenvalue weighted by Gasteiger charge is -2.24. The summed E-state index contributed by atoms with van der Waals surface area (Å²) in [5, 5.41) is -0.295. The van der Waals surface area contributed by atoms with Crippen molar-refractivity contribution < 1.29 is 26.3 Å². The van der Waals surface area contributed by atoms with Gasteiger partial charge in [0.2, 0.25) is 10.0 Å². The van der Waals surface area contributed by atoms with Gasteiger partial charge in [0.25, 0.3) is 5.56 Å². The summed E-state index contributed by atoms with van der Waals surface area (Å²) in [7, 11) is -2.77. The highest BCUT2D eigenvalue weighted by atomic mass is 32.2. The van der Waals surface area contributed by atoms with Crippen LogP contribution in [0.5, 0.6) is 0 Å². The molecule has 1 atom stereocenters. The zero-order valence-electron chi connectivity index (χ0n) is 14.8. The molecule has 1 aromatic carbocycles. The Morgan fingerprint density at radius 1 is 1.22 bits per heavy atom. The number of nitrogens with one attached hydrogen (secondary N) is 2. The van der Waals surface area contributed by atoms with E-state index in [1.807, 2.05) is 4.98 Å². The summed E-state index contributed by atoms with van der Waals surface area (Å²) >= 11 is 0. The summed E-state index contributed by atoms with van der Waals surface area (Å²) in [5.74, 6) is -0.354. The maximum Gasteiger partial charge on any atom is 0.416 e. The van der Waals surface area contributed by atoms with Crippen LogP contribution >= 0.6 is 0 Å². The Hall–Kier alpha value is -2.34. The lowest BCUT2D eigenvalue weighted by atomic mass is 9.92. The van der Waals surface area contributed by atoms with Crippen LogP contribution in [-0.4, -0.2) is 31.4 Å². The minimum Gasteiger partial charge on any atom is -0.376 e. The molecule has 0 fully saturated rings. The third-order valence-corrected chi connectivity index (χ3v) is 4.32. The molecule has 12 heteroatoms. The molecule has 0 spiro atoms. The zero-order valence-corrected chi connectivity index (χ0v) is 15.7. The number of hydrogen-bond donors (Lipinski definition) is 2. The number of halogens is 3. The van der Waals surface area contributed by atoms with Crippen molar-refractivity contribution in [3.8, 4) is 0 Å². The van der Waals surface area contributed by atoms with E-state index in [-0.39, 0.29) is 16.9 Å². The van der Waals surface area contributed by atoms with E-state index in [1.165, 1.54) is 7.11 Å². The summed E-state index contributed by atoms with van der Waals surface area (Å²) in [4.78, 5) is 27.8. The fourth-order valence-electron chi connectivity index (χ4n) is 2.80. The predicted octanol–water partition coefficient (Wildman–Crippen LogP) is 1.56. The number of benzene rings is 1. The number of aromatic amines is 1. The van der Waals surface area contributed by atoms with Gasteiger partial charge in [0.1, 0.15) is 0 Å². The highest BCUT2D eigenvalue weighted by Crippen LogP contribution is 2.39. The zero-order chi connectivity index (χ0) is 20.7. The van der Waals surface area contributed by atoms with E-state index in [1.54, 1.807) is 18.7 Å². The van der Waals surface area contributed by atoms with Crippen molar-refractivity contribution in [3.05, 3.63) is 44.1 Å². The molecule has 1 unspecified atom stereocenters. The number of aromatic nitrogens is 2. The Bertz CT molecular complexity index is 1090. The van der Waals surface area contributed by atoms with Crippen molar-refractivity contribution in [2.75, 3.05) is 18.2 Å². The molecule has 1 aromatic heterocycles. The molecule has 2 aromatic rings. The van der Waals surface area contributed by atoms with E-state index in [4.69, 9.17) is 4.74 Å². The average Bonchev–Trinajstić information content (AvgIpc) is 2.49. The summed E-state index contributed by atoms with van der Waals surface area (Å²) in [6, 6.07) is 1.53. The molecule has 2 rings (SSSR count). The molecule has 1 heterocycles. The number of methoxy groups -OCH3 is 1. The van der Waals surface area contributed by atoms with Crippen LogP contribution in [0.1, 0.15) is 31.1 Å². The van der Waals surface area contributed by atoms with E-state index in [0.717, 1.165) is 12.3 Å². The topological polar surface area (TPSA) is 110 Å². The van der Waals surface area contributed by atoms with Crippen molar-refractivity contribution >= 4 is 20.9 Å². The molecular weight excluding hydrogens is 391 g/mol. The van der Waals surface area contributed by atoms with Crippen LogP contribution in [0.25, 0.3) is 10.9 Å². The average molecular weight is 409 g/mol. The van der Waals surface area contributed by atoms with E-state index >= 15 is 0 Å². The summed E-state index contributed by atoms with van der Waals surface area (Å²) < 4.78 is 69.4. The predicted molar refractivity (Wildman–Crippen MR) is 92.6 cm³/mol. The highest BCUT2D eigenvalue weighted by molar-refractivity contribution is 7.91. The van der Waals surface area contributed by atoms with E-state index < -0.39 is 44.6 Å². The molecule has 0 aliphatic rings. The third kappa shape index (κ3) is 4.33. The molecule has 0 saturated heterocycles. The summed E-state index contributed by atoms with van der Waals surface area (Å²) in [6.07, 6.45) is -5.09. The van der Waals surface area contributed by atoms with Crippen LogP contribution in [-0.2, 0) is 20.9 Å². The van der Waals surface area contributed by atoms with Crippen LogP contribution < -0.4 is 16.1 Å². The van der Waals surface area contributed by atoms with Crippen molar-refractivity contribution in [1.82, 2.24) is 9.66 Å². The molecule has 0 amide bonds. The first kappa shape index (κ1) is 21.0. The van der Waals surface area contributed by atoms with Crippen molar-refractivity contribution in [2.45, 2.75) is 26.1 Å². The van der Waals surface area contributed by atoms with Gasteiger partial charge in [-0.15, -0.1) is 0 Å². The molecule has 27 heavy (non-hydrogen) atoms. The normalized spacial score (nSPS) is 13.9. The molecule has 2 N–H and O–H groups in total. The van der Waals surface area contributed by atoms with Crippen LogP contribution in [0.4, 0.5) is 13.2 Å². The Morgan fingerprint density at radius 3 is 2.26 bits per heavy atom. The SMILES string of the molecule is COC(c1cc2c(=O)[nH]c(=O)n(NS(C)(=O)=O)c2cc1C(F)(F)F)C(C)C. The Morgan fingerprint density at radius 2 is 1.81 bits per heavy atom. The lowest BCUT2D eigenvalue weighted by molar-refractivity contribution is -0.139. The minimum atomic E-state index is -4.83. The Balaban J connectivity index is 3.01.